The van der Waals surface area contributed by atoms with Gasteiger partial charge in [-0.05, 0) is 30.7 Å². The summed E-state index contributed by atoms with van der Waals surface area (Å²) in [5.41, 5.74) is 1.84. The molecule has 1 aromatic carbocycles. The first kappa shape index (κ1) is 17.5. The summed E-state index contributed by atoms with van der Waals surface area (Å²) >= 11 is 0. The molecule has 1 fully saturated rings. The van der Waals surface area contributed by atoms with Crippen LogP contribution < -0.4 is 0 Å². The van der Waals surface area contributed by atoms with E-state index in [4.69, 9.17) is 10.00 Å². The number of esters is 1. The molecule has 2 rings (SSSR count). The highest BCUT2D eigenvalue weighted by atomic mass is 16.5. The van der Waals surface area contributed by atoms with E-state index in [-0.39, 0.29) is 18.0 Å². The van der Waals surface area contributed by atoms with Gasteiger partial charge in [-0.1, -0.05) is 18.7 Å². The maximum atomic E-state index is 12.2. The number of nitriles is 1. The second-order valence-corrected chi connectivity index (χ2v) is 5.78. The number of piperidine rings is 1. The molecule has 1 aromatic rings. The Morgan fingerprint density at radius 2 is 1.92 bits per heavy atom. The second kappa shape index (κ2) is 8.11. The Morgan fingerprint density at radius 3 is 2.46 bits per heavy atom. The van der Waals surface area contributed by atoms with E-state index in [1.807, 2.05) is 0 Å². The molecule has 5 heteroatoms. The lowest BCUT2D eigenvalue weighted by Gasteiger charge is -2.31. The molecule has 24 heavy (non-hydrogen) atoms. The smallest absolute Gasteiger partial charge is 0.333 e. The molecule has 0 spiro atoms. The minimum absolute atomic E-state index is 0.0657. The van der Waals surface area contributed by atoms with Gasteiger partial charge in [-0.2, -0.15) is 5.26 Å². The van der Waals surface area contributed by atoms with Crippen molar-refractivity contribution in [2.24, 2.45) is 0 Å². The van der Waals surface area contributed by atoms with Crippen molar-refractivity contribution < 1.29 is 14.3 Å². The van der Waals surface area contributed by atoms with Gasteiger partial charge in [0, 0.05) is 37.6 Å². The van der Waals surface area contributed by atoms with Crippen molar-refractivity contribution in [3.05, 3.63) is 53.6 Å². The number of amides is 1. The normalized spacial score (nSPS) is 15.1. The molecule has 0 radical (unpaired) electrons. The van der Waals surface area contributed by atoms with Crippen molar-refractivity contribution in [2.45, 2.75) is 25.9 Å². The number of rotatable bonds is 4. The number of ether oxygens (including phenoxy) is 1. The number of hydrogen-bond acceptors (Lipinski definition) is 4. The first-order valence-electron chi connectivity index (χ1n) is 7.83. The van der Waals surface area contributed by atoms with Gasteiger partial charge in [-0.15, -0.1) is 0 Å². The Bertz CT molecular complexity index is 690. The zero-order valence-electron chi connectivity index (χ0n) is 13.7. The largest absolute Gasteiger partial charge is 0.459 e. The molecule has 0 saturated carbocycles. The molecule has 5 nitrogen and oxygen atoms in total. The zero-order valence-corrected chi connectivity index (χ0v) is 13.7. The van der Waals surface area contributed by atoms with Crippen LogP contribution in [0.3, 0.4) is 0 Å². The van der Waals surface area contributed by atoms with Crippen LogP contribution in [-0.2, 0) is 14.3 Å². The molecule has 1 saturated heterocycles. The first-order chi connectivity index (χ1) is 11.5. The fourth-order valence-corrected chi connectivity index (χ4v) is 2.39. The third-order valence-electron chi connectivity index (χ3n) is 3.83. The van der Waals surface area contributed by atoms with Gasteiger partial charge >= 0.3 is 5.97 Å². The highest BCUT2D eigenvalue weighted by Crippen LogP contribution is 2.16. The van der Waals surface area contributed by atoms with E-state index >= 15 is 0 Å². The standard InChI is InChI=1S/C19H20N2O3/c1-14(2)19(23)24-17-9-11-21(12-10-17)18(22)8-7-15-3-5-16(13-20)6-4-15/h3-8,17H,1,9-12H2,2H3/b8-7+. The lowest BCUT2D eigenvalue weighted by atomic mass is 10.1. The Labute approximate surface area is 141 Å². The van der Waals surface area contributed by atoms with Crippen molar-refractivity contribution in [3.8, 4) is 6.07 Å². The van der Waals surface area contributed by atoms with E-state index < -0.39 is 0 Å². The minimum Gasteiger partial charge on any atom is -0.459 e. The van der Waals surface area contributed by atoms with E-state index in [9.17, 15) is 9.59 Å². The third-order valence-corrected chi connectivity index (χ3v) is 3.83. The fourth-order valence-electron chi connectivity index (χ4n) is 2.39. The molecular weight excluding hydrogens is 304 g/mol. The van der Waals surface area contributed by atoms with E-state index in [2.05, 4.69) is 12.6 Å². The molecule has 0 aromatic heterocycles. The summed E-state index contributed by atoms with van der Waals surface area (Å²) in [7, 11) is 0. The Balaban J connectivity index is 1.84. The van der Waals surface area contributed by atoms with Crippen molar-refractivity contribution in [2.75, 3.05) is 13.1 Å². The summed E-state index contributed by atoms with van der Waals surface area (Å²) in [6, 6.07) is 9.08. The van der Waals surface area contributed by atoms with Crippen LogP contribution in [0.4, 0.5) is 0 Å². The zero-order chi connectivity index (χ0) is 17.5. The molecule has 0 bridgehead atoms. The van der Waals surface area contributed by atoms with Crippen LogP contribution >= 0.6 is 0 Å². The average molecular weight is 324 g/mol. The van der Waals surface area contributed by atoms with Gasteiger partial charge < -0.3 is 9.64 Å². The van der Waals surface area contributed by atoms with Crippen LogP contribution in [0.15, 0.2) is 42.5 Å². The monoisotopic (exact) mass is 324 g/mol. The van der Waals surface area contributed by atoms with Gasteiger partial charge in [0.1, 0.15) is 6.10 Å². The second-order valence-electron chi connectivity index (χ2n) is 5.78. The summed E-state index contributed by atoms with van der Waals surface area (Å²) in [4.78, 5) is 25.4. The molecule has 1 aliphatic rings. The summed E-state index contributed by atoms with van der Waals surface area (Å²) in [5, 5.41) is 8.76. The topological polar surface area (TPSA) is 70.4 Å². The molecule has 0 unspecified atom stereocenters. The van der Waals surface area contributed by atoms with E-state index in [0.29, 0.717) is 37.1 Å². The predicted molar refractivity (Wildman–Crippen MR) is 90.7 cm³/mol. The van der Waals surface area contributed by atoms with Crippen LogP contribution in [-0.4, -0.2) is 36.0 Å². The quantitative estimate of drug-likeness (QED) is 0.630. The highest BCUT2D eigenvalue weighted by Gasteiger charge is 2.24. The maximum absolute atomic E-state index is 12.2. The summed E-state index contributed by atoms with van der Waals surface area (Å²) in [6.45, 7) is 6.30. The molecule has 0 N–H and O–H groups in total. The van der Waals surface area contributed by atoms with E-state index in [0.717, 1.165) is 5.56 Å². The number of hydrogen-bond donors (Lipinski definition) is 0. The summed E-state index contributed by atoms with van der Waals surface area (Å²) in [5.74, 6) is -0.440. The average Bonchev–Trinajstić information content (AvgIpc) is 2.60. The van der Waals surface area contributed by atoms with E-state index in [1.165, 1.54) is 6.08 Å². The Morgan fingerprint density at radius 1 is 1.29 bits per heavy atom. The fraction of sp³-hybridized carbons (Fsp3) is 0.316. The van der Waals surface area contributed by atoms with Crippen LogP contribution in [0, 0.1) is 11.3 Å². The van der Waals surface area contributed by atoms with Crippen LogP contribution in [0.2, 0.25) is 0 Å². The van der Waals surface area contributed by atoms with Crippen molar-refractivity contribution in [1.29, 1.82) is 5.26 Å². The van der Waals surface area contributed by atoms with Crippen LogP contribution in [0.25, 0.3) is 6.08 Å². The molecule has 1 heterocycles. The van der Waals surface area contributed by atoms with Crippen molar-refractivity contribution >= 4 is 18.0 Å². The third kappa shape index (κ3) is 4.82. The van der Waals surface area contributed by atoms with Crippen LogP contribution in [0.5, 0.6) is 0 Å². The van der Waals surface area contributed by atoms with Crippen molar-refractivity contribution in [1.82, 2.24) is 4.90 Å². The first-order valence-corrected chi connectivity index (χ1v) is 7.83. The minimum atomic E-state index is -0.375. The van der Waals surface area contributed by atoms with Gasteiger partial charge in [-0.3, -0.25) is 4.79 Å². The molecule has 0 aliphatic carbocycles. The molecule has 1 aliphatic heterocycles. The van der Waals surface area contributed by atoms with Gasteiger partial charge in [0.25, 0.3) is 0 Å². The van der Waals surface area contributed by atoms with E-state index in [1.54, 1.807) is 42.2 Å². The maximum Gasteiger partial charge on any atom is 0.333 e. The number of nitrogens with zero attached hydrogens (tertiary/aromatic N) is 2. The SMILES string of the molecule is C=C(C)C(=O)OC1CCN(C(=O)/C=C/c2ccc(C#N)cc2)CC1. The van der Waals surface area contributed by atoms with Gasteiger partial charge in [0.05, 0.1) is 11.6 Å². The number of carbonyl (C=O) groups is 2. The number of likely N-dealkylation sites (tertiary alicyclic amines) is 1. The molecule has 1 amide bonds. The number of benzene rings is 1. The highest BCUT2D eigenvalue weighted by molar-refractivity contribution is 5.92. The summed E-state index contributed by atoms with van der Waals surface area (Å²) in [6.07, 6.45) is 4.38. The van der Waals surface area contributed by atoms with Crippen LogP contribution in [0.1, 0.15) is 30.9 Å². The Kier molecular flexibility index (Phi) is 5.91. The number of carbonyl (C=O) groups excluding carboxylic acids is 2. The van der Waals surface area contributed by atoms with Crippen molar-refractivity contribution in [3.63, 3.8) is 0 Å². The van der Waals surface area contributed by atoms with Gasteiger partial charge in [0.2, 0.25) is 5.91 Å². The lowest BCUT2D eigenvalue weighted by Crippen LogP contribution is -2.40. The molecule has 124 valence electrons. The van der Waals surface area contributed by atoms with Gasteiger partial charge in [0.15, 0.2) is 0 Å². The van der Waals surface area contributed by atoms with Gasteiger partial charge in [-0.25, -0.2) is 4.79 Å². The Hall–Kier alpha value is -2.87. The molecule has 0 atom stereocenters. The summed E-state index contributed by atoms with van der Waals surface area (Å²) < 4.78 is 5.31. The predicted octanol–water partition coefficient (Wildman–Crippen LogP) is 2.68. The molecular formula is C19H20N2O3. The lowest BCUT2D eigenvalue weighted by molar-refractivity contribution is -0.147.